The van der Waals surface area contributed by atoms with E-state index in [1.165, 1.54) is 0 Å². The third kappa shape index (κ3) is 4.08. The topological polar surface area (TPSA) is 145 Å². The Morgan fingerprint density at radius 3 is 1.62 bits per heavy atom. The van der Waals surface area contributed by atoms with Crippen molar-refractivity contribution in [2.45, 2.75) is 0 Å². The fourth-order valence-electron chi connectivity index (χ4n) is 2.67. The van der Waals surface area contributed by atoms with Crippen molar-refractivity contribution >= 4 is 34.1 Å². The van der Waals surface area contributed by atoms with Gasteiger partial charge in [0.05, 0.1) is 38.3 Å². The fourth-order valence-corrected chi connectivity index (χ4v) is 2.67. The predicted octanol–water partition coefficient (Wildman–Crippen LogP) is 4.58. The van der Waals surface area contributed by atoms with Gasteiger partial charge in [-0.25, -0.2) is 5.01 Å². The first-order chi connectivity index (χ1) is 13.9. The van der Waals surface area contributed by atoms with Gasteiger partial charge in [0.25, 0.3) is 5.69 Å². The minimum atomic E-state index is -0.915. The highest BCUT2D eigenvalue weighted by Gasteiger charge is 2.35. The van der Waals surface area contributed by atoms with Crippen LogP contribution < -0.4 is 10.4 Å². The van der Waals surface area contributed by atoms with Crippen LogP contribution in [-0.4, -0.2) is 14.8 Å². The summed E-state index contributed by atoms with van der Waals surface area (Å²) in [4.78, 5) is 31.8. The van der Waals surface area contributed by atoms with Gasteiger partial charge < -0.3 is 0 Å². The number of hydrazine groups is 1. The average Bonchev–Trinajstić information content (AvgIpc) is 2.72. The second-order valence-corrected chi connectivity index (χ2v) is 5.75. The van der Waals surface area contributed by atoms with Crippen LogP contribution >= 0.6 is 0 Å². The zero-order valence-electron chi connectivity index (χ0n) is 14.7. The Labute approximate surface area is 163 Å². The lowest BCUT2D eigenvalue weighted by Crippen LogP contribution is -2.26. The van der Waals surface area contributed by atoms with E-state index in [1.807, 2.05) is 0 Å². The molecule has 0 unspecified atom stereocenters. The maximum Gasteiger partial charge on any atom is 0.308 e. The van der Waals surface area contributed by atoms with Crippen LogP contribution in [0.4, 0.5) is 34.1 Å². The molecule has 0 heterocycles. The standard InChI is InChI=1S/C18H13N5O6/c24-21(25)15-11-16(22(26)27)18(17(12-15)23(28)29)20(14-9-5-2-6-10-14)19-13-7-3-1-4-8-13/h1-12,19H. The van der Waals surface area contributed by atoms with Crippen LogP contribution in [0, 0.1) is 30.3 Å². The van der Waals surface area contributed by atoms with Crippen LogP contribution in [0.2, 0.25) is 0 Å². The Morgan fingerprint density at radius 2 is 1.17 bits per heavy atom. The van der Waals surface area contributed by atoms with E-state index >= 15 is 0 Å². The molecule has 3 aromatic carbocycles. The molecule has 0 aliphatic rings. The number of nitro groups is 3. The number of para-hydroxylation sites is 2. The molecular formula is C18H13N5O6. The van der Waals surface area contributed by atoms with Crippen molar-refractivity contribution in [3.63, 3.8) is 0 Å². The maximum absolute atomic E-state index is 11.7. The van der Waals surface area contributed by atoms with E-state index in [1.54, 1.807) is 60.7 Å². The molecule has 0 aliphatic carbocycles. The third-order valence-electron chi connectivity index (χ3n) is 3.91. The van der Waals surface area contributed by atoms with Gasteiger partial charge in [-0.2, -0.15) is 0 Å². The largest absolute Gasteiger partial charge is 0.308 e. The fraction of sp³-hybridized carbons (Fsp3) is 0. The second kappa shape index (κ2) is 8.00. The summed E-state index contributed by atoms with van der Waals surface area (Å²) in [6.45, 7) is 0. The number of anilines is 3. The van der Waals surface area contributed by atoms with Crippen molar-refractivity contribution in [2.24, 2.45) is 0 Å². The molecule has 11 heteroatoms. The first-order valence-electron chi connectivity index (χ1n) is 8.16. The number of nitrogens with zero attached hydrogens (tertiary/aromatic N) is 4. The number of hydrogen-bond donors (Lipinski definition) is 1. The third-order valence-corrected chi connectivity index (χ3v) is 3.91. The number of nitrogens with one attached hydrogen (secondary N) is 1. The summed E-state index contributed by atoms with van der Waals surface area (Å²) in [5, 5.41) is 35.6. The van der Waals surface area contributed by atoms with Gasteiger partial charge in [-0.15, -0.1) is 0 Å². The number of nitro benzene ring substituents is 3. The summed E-state index contributed by atoms with van der Waals surface area (Å²) in [7, 11) is 0. The molecule has 0 atom stereocenters. The molecule has 0 bridgehead atoms. The lowest BCUT2D eigenvalue weighted by atomic mass is 10.1. The molecule has 0 spiro atoms. The Hall–Kier alpha value is -4.54. The molecule has 0 aliphatic heterocycles. The number of benzene rings is 3. The molecule has 3 aromatic rings. The smallest absolute Gasteiger partial charge is 0.293 e. The molecule has 0 radical (unpaired) electrons. The molecule has 0 amide bonds. The number of non-ortho nitro benzene ring substituents is 1. The van der Waals surface area contributed by atoms with Crippen LogP contribution in [0.15, 0.2) is 72.8 Å². The molecule has 146 valence electrons. The second-order valence-electron chi connectivity index (χ2n) is 5.75. The van der Waals surface area contributed by atoms with Crippen LogP contribution in [0.25, 0.3) is 0 Å². The van der Waals surface area contributed by atoms with E-state index in [4.69, 9.17) is 0 Å². The van der Waals surface area contributed by atoms with Gasteiger partial charge >= 0.3 is 11.4 Å². The van der Waals surface area contributed by atoms with Crippen LogP contribution in [0.3, 0.4) is 0 Å². The van der Waals surface area contributed by atoms with E-state index in [0.29, 0.717) is 23.5 Å². The minimum absolute atomic E-state index is 0.358. The Bertz CT molecular complexity index is 1040. The molecule has 0 aromatic heterocycles. The maximum atomic E-state index is 11.7. The first-order valence-corrected chi connectivity index (χ1v) is 8.16. The summed E-state index contributed by atoms with van der Waals surface area (Å²) >= 11 is 0. The summed E-state index contributed by atoms with van der Waals surface area (Å²) < 4.78 is 0. The van der Waals surface area contributed by atoms with Gasteiger partial charge in [0, 0.05) is 0 Å². The minimum Gasteiger partial charge on any atom is -0.293 e. The van der Waals surface area contributed by atoms with Crippen molar-refractivity contribution in [1.82, 2.24) is 0 Å². The van der Waals surface area contributed by atoms with E-state index in [0.717, 1.165) is 5.01 Å². The van der Waals surface area contributed by atoms with E-state index < -0.39 is 37.5 Å². The van der Waals surface area contributed by atoms with Gasteiger partial charge in [-0.1, -0.05) is 36.4 Å². The molecule has 29 heavy (non-hydrogen) atoms. The summed E-state index contributed by atoms with van der Waals surface area (Å²) in [5.74, 6) is 0. The zero-order chi connectivity index (χ0) is 21.0. The van der Waals surface area contributed by atoms with Gasteiger partial charge in [-0.05, 0) is 24.3 Å². The first kappa shape index (κ1) is 19.2. The summed E-state index contributed by atoms with van der Waals surface area (Å²) in [6.07, 6.45) is 0. The highest BCUT2D eigenvalue weighted by atomic mass is 16.6. The van der Waals surface area contributed by atoms with Gasteiger partial charge in [-0.3, -0.25) is 35.8 Å². The van der Waals surface area contributed by atoms with E-state index in [9.17, 15) is 30.3 Å². The van der Waals surface area contributed by atoms with Crippen molar-refractivity contribution in [1.29, 1.82) is 0 Å². The molecule has 3 rings (SSSR count). The molecule has 11 nitrogen and oxygen atoms in total. The van der Waals surface area contributed by atoms with Crippen molar-refractivity contribution in [3.8, 4) is 0 Å². The Kier molecular flexibility index (Phi) is 5.30. The van der Waals surface area contributed by atoms with Gasteiger partial charge in [0.2, 0.25) is 5.69 Å². The Morgan fingerprint density at radius 1 is 0.690 bits per heavy atom. The quantitative estimate of drug-likeness (QED) is 0.452. The number of rotatable bonds is 7. The Balaban J connectivity index is 2.30. The molecule has 0 saturated heterocycles. The van der Waals surface area contributed by atoms with Gasteiger partial charge in [0.1, 0.15) is 0 Å². The highest BCUT2D eigenvalue weighted by Crippen LogP contribution is 2.43. The highest BCUT2D eigenvalue weighted by molar-refractivity contribution is 5.84. The normalized spacial score (nSPS) is 10.2. The lowest BCUT2D eigenvalue weighted by molar-refractivity contribution is -0.402. The van der Waals surface area contributed by atoms with E-state index in [2.05, 4.69) is 5.43 Å². The SMILES string of the molecule is O=[N+]([O-])c1cc([N+](=O)[O-])c(N(Nc2ccccc2)c2ccccc2)c([N+](=O)[O-])c1. The zero-order valence-corrected chi connectivity index (χ0v) is 14.7. The summed E-state index contributed by atoms with van der Waals surface area (Å²) in [6, 6.07) is 18.1. The molecule has 1 N–H and O–H groups in total. The molecule has 0 fully saturated rings. The summed E-state index contributed by atoms with van der Waals surface area (Å²) in [5.41, 5.74) is 1.02. The van der Waals surface area contributed by atoms with Crippen LogP contribution in [0.1, 0.15) is 0 Å². The van der Waals surface area contributed by atoms with Crippen molar-refractivity contribution < 1.29 is 14.8 Å². The molecule has 0 saturated carbocycles. The van der Waals surface area contributed by atoms with Crippen molar-refractivity contribution in [2.75, 3.05) is 10.4 Å². The van der Waals surface area contributed by atoms with Gasteiger partial charge in [0.15, 0.2) is 0 Å². The average molecular weight is 395 g/mol. The lowest BCUT2D eigenvalue weighted by Gasteiger charge is -2.25. The number of hydrogen-bond acceptors (Lipinski definition) is 8. The monoisotopic (exact) mass is 395 g/mol. The van der Waals surface area contributed by atoms with Crippen LogP contribution in [-0.2, 0) is 0 Å². The van der Waals surface area contributed by atoms with Crippen molar-refractivity contribution in [3.05, 3.63) is 103 Å². The van der Waals surface area contributed by atoms with E-state index in [-0.39, 0.29) is 0 Å². The van der Waals surface area contributed by atoms with Crippen LogP contribution in [0.5, 0.6) is 0 Å². The predicted molar refractivity (Wildman–Crippen MR) is 105 cm³/mol. The molecular weight excluding hydrogens is 382 g/mol.